The SMILES string of the molecule is COC(=O)CC1CCN(C(=O)CNC(=O)c2cnccn2)CC1. The van der Waals surface area contributed by atoms with E-state index in [1.807, 2.05) is 0 Å². The van der Waals surface area contributed by atoms with E-state index in [1.165, 1.54) is 25.7 Å². The molecule has 1 aliphatic rings. The molecular formula is C15H20N4O4. The number of hydrogen-bond acceptors (Lipinski definition) is 6. The van der Waals surface area contributed by atoms with Crippen LogP contribution in [-0.4, -0.2) is 59.4 Å². The highest BCUT2D eigenvalue weighted by atomic mass is 16.5. The van der Waals surface area contributed by atoms with Crippen molar-refractivity contribution in [3.8, 4) is 0 Å². The van der Waals surface area contributed by atoms with Crippen LogP contribution < -0.4 is 5.32 Å². The zero-order valence-electron chi connectivity index (χ0n) is 13.0. The van der Waals surface area contributed by atoms with Gasteiger partial charge >= 0.3 is 5.97 Å². The highest BCUT2D eigenvalue weighted by Crippen LogP contribution is 2.20. The van der Waals surface area contributed by atoms with Crippen molar-refractivity contribution in [3.05, 3.63) is 24.3 Å². The van der Waals surface area contributed by atoms with Crippen molar-refractivity contribution in [2.45, 2.75) is 19.3 Å². The molecular weight excluding hydrogens is 300 g/mol. The number of hydrogen-bond donors (Lipinski definition) is 1. The van der Waals surface area contributed by atoms with E-state index in [0.717, 1.165) is 12.8 Å². The maximum absolute atomic E-state index is 12.1. The molecule has 1 aromatic heterocycles. The smallest absolute Gasteiger partial charge is 0.305 e. The quantitative estimate of drug-likeness (QED) is 0.767. The van der Waals surface area contributed by atoms with Gasteiger partial charge in [-0.3, -0.25) is 19.4 Å². The fourth-order valence-electron chi connectivity index (χ4n) is 2.48. The highest BCUT2D eigenvalue weighted by molar-refractivity contribution is 5.94. The lowest BCUT2D eigenvalue weighted by Gasteiger charge is -2.31. The minimum absolute atomic E-state index is 0.0723. The zero-order valence-corrected chi connectivity index (χ0v) is 13.0. The average Bonchev–Trinajstić information content (AvgIpc) is 2.60. The summed E-state index contributed by atoms with van der Waals surface area (Å²) < 4.78 is 4.66. The molecule has 1 N–H and O–H groups in total. The lowest BCUT2D eigenvalue weighted by atomic mass is 9.93. The molecule has 1 saturated heterocycles. The molecule has 0 bridgehead atoms. The molecule has 0 saturated carbocycles. The van der Waals surface area contributed by atoms with Gasteiger partial charge in [0, 0.05) is 31.9 Å². The van der Waals surface area contributed by atoms with Gasteiger partial charge in [0.2, 0.25) is 5.91 Å². The Kier molecular flexibility index (Phi) is 6.02. The number of methoxy groups -OCH3 is 1. The molecule has 124 valence electrons. The Balaban J connectivity index is 1.73. The average molecular weight is 320 g/mol. The third-order valence-corrected chi connectivity index (χ3v) is 3.85. The van der Waals surface area contributed by atoms with Crippen molar-refractivity contribution in [1.82, 2.24) is 20.2 Å². The minimum atomic E-state index is -0.424. The molecule has 2 rings (SSSR count). The fraction of sp³-hybridized carbons (Fsp3) is 0.533. The Morgan fingerprint density at radius 3 is 2.65 bits per heavy atom. The maximum atomic E-state index is 12.1. The van der Waals surface area contributed by atoms with Crippen LogP contribution in [0, 0.1) is 5.92 Å². The second-order valence-electron chi connectivity index (χ2n) is 5.38. The topological polar surface area (TPSA) is 101 Å². The van der Waals surface area contributed by atoms with Crippen LogP contribution in [-0.2, 0) is 14.3 Å². The number of aromatic nitrogens is 2. The molecule has 23 heavy (non-hydrogen) atoms. The normalized spacial score (nSPS) is 15.1. The summed E-state index contributed by atoms with van der Waals surface area (Å²) in [6, 6.07) is 0. The van der Waals surface area contributed by atoms with Crippen LogP contribution in [0.3, 0.4) is 0 Å². The van der Waals surface area contributed by atoms with Crippen LogP contribution in [0.5, 0.6) is 0 Å². The van der Waals surface area contributed by atoms with Crippen molar-refractivity contribution < 1.29 is 19.1 Å². The predicted molar refractivity (Wildman–Crippen MR) is 80.3 cm³/mol. The molecule has 0 aromatic carbocycles. The van der Waals surface area contributed by atoms with Gasteiger partial charge in [0.1, 0.15) is 5.69 Å². The van der Waals surface area contributed by atoms with Gasteiger partial charge in [0.15, 0.2) is 0 Å². The first kappa shape index (κ1) is 16.9. The number of carbonyl (C=O) groups excluding carboxylic acids is 3. The zero-order chi connectivity index (χ0) is 16.7. The van der Waals surface area contributed by atoms with Crippen LogP contribution in [0.4, 0.5) is 0 Å². The van der Waals surface area contributed by atoms with Crippen molar-refractivity contribution >= 4 is 17.8 Å². The van der Waals surface area contributed by atoms with Crippen LogP contribution in [0.2, 0.25) is 0 Å². The third kappa shape index (κ3) is 5.01. The maximum Gasteiger partial charge on any atom is 0.305 e. The number of nitrogens with zero attached hydrogens (tertiary/aromatic N) is 3. The first-order valence-corrected chi connectivity index (χ1v) is 7.49. The Morgan fingerprint density at radius 1 is 1.30 bits per heavy atom. The molecule has 0 atom stereocenters. The second-order valence-corrected chi connectivity index (χ2v) is 5.38. The van der Waals surface area contributed by atoms with E-state index >= 15 is 0 Å². The minimum Gasteiger partial charge on any atom is -0.469 e. The number of nitrogens with one attached hydrogen (secondary N) is 1. The monoisotopic (exact) mass is 320 g/mol. The molecule has 1 aliphatic heterocycles. The summed E-state index contributed by atoms with van der Waals surface area (Å²) in [5.41, 5.74) is 0.178. The van der Waals surface area contributed by atoms with Crippen LogP contribution in [0.25, 0.3) is 0 Å². The Morgan fingerprint density at radius 2 is 2.04 bits per heavy atom. The van der Waals surface area contributed by atoms with E-state index in [2.05, 4.69) is 20.0 Å². The lowest BCUT2D eigenvalue weighted by molar-refractivity contribution is -0.142. The summed E-state index contributed by atoms with van der Waals surface area (Å²) in [4.78, 5) is 44.5. The third-order valence-electron chi connectivity index (χ3n) is 3.85. The Labute approximate surface area is 134 Å². The number of amides is 2. The molecule has 2 heterocycles. The molecule has 8 nitrogen and oxygen atoms in total. The largest absolute Gasteiger partial charge is 0.469 e. The van der Waals surface area contributed by atoms with E-state index in [-0.39, 0.29) is 30.0 Å². The highest BCUT2D eigenvalue weighted by Gasteiger charge is 2.24. The molecule has 0 aliphatic carbocycles. The summed E-state index contributed by atoms with van der Waals surface area (Å²) in [7, 11) is 1.38. The molecule has 8 heteroatoms. The van der Waals surface area contributed by atoms with Crippen molar-refractivity contribution in [2.75, 3.05) is 26.7 Å². The van der Waals surface area contributed by atoms with E-state index < -0.39 is 5.91 Å². The number of piperidine rings is 1. The van der Waals surface area contributed by atoms with Gasteiger partial charge in [-0.05, 0) is 18.8 Å². The molecule has 0 spiro atoms. The van der Waals surface area contributed by atoms with Crippen molar-refractivity contribution in [1.29, 1.82) is 0 Å². The summed E-state index contributed by atoms with van der Waals surface area (Å²) in [5, 5.41) is 2.54. The van der Waals surface area contributed by atoms with Crippen LogP contribution >= 0.6 is 0 Å². The molecule has 2 amide bonds. The Bertz CT molecular complexity index is 556. The van der Waals surface area contributed by atoms with Gasteiger partial charge in [0.25, 0.3) is 5.91 Å². The fourth-order valence-corrected chi connectivity index (χ4v) is 2.48. The summed E-state index contributed by atoms with van der Waals surface area (Å²) in [6.45, 7) is 1.10. The van der Waals surface area contributed by atoms with Gasteiger partial charge in [0.05, 0.1) is 19.9 Å². The first-order chi connectivity index (χ1) is 11.1. The van der Waals surface area contributed by atoms with Crippen LogP contribution in [0.1, 0.15) is 29.8 Å². The molecule has 1 aromatic rings. The van der Waals surface area contributed by atoms with Gasteiger partial charge in [-0.15, -0.1) is 0 Å². The van der Waals surface area contributed by atoms with Gasteiger partial charge in [-0.25, -0.2) is 4.98 Å². The lowest BCUT2D eigenvalue weighted by Crippen LogP contribution is -2.44. The standard InChI is InChI=1S/C15H20N4O4/c1-23-14(21)8-11-2-6-19(7-3-11)13(20)10-18-15(22)12-9-16-4-5-17-12/h4-5,9,11H,2-3,6-8,10H2,1H3,(H,18,22). The number of carbonyl (C=O) groups is 3. The van der Waals surface area contributed by atoms with Crippen molar-refractivity contribution in [3.63, 3.8) is 0 Å². The number of ether oxygens (including phenoxy) is 1. The number of rotatable bonds is 5. The first-order valence-electron chi connectivity index (χ1n) is 7.49. The molecule has 1 fully saturated rings. The second kappa shape index (κ2) is 8.21. The van der Waals surface area contributed by atoms with Crippen molar-refractivity contribution in [2.24, 2.45) is 5.92 Å². The summed E-state index contributed by atoms with van der Waals surface area (Å²) >= 11 is 0. The predicted octanol–water partition coefficient (Wildman–Crippen LogP) is 0.00810. The van der Waals surface area contributed by atoms with E-state index in [9.17, 15) is 14.4 Å². The van der Waals surface area contributed by atoms with E-state index in [1.54, 1.807) is 4.90 Å². The number of esters is 1. The van der Waals surface area contributed by atoms with E-state index in [4.69, 9.17) is 0 Å². The van der Waals surface area contributed by atoms with Gasteiger partial charge in [-0.1, -0.05) is 0 Å². The van der Waals surface area contributed by atoms with Gasteiger partial charge in [-0.2, -0.15) is 0 Å². The summed E-state index contributed by atoms with van der Waals surface area (Å²) in [5.74, 6) is -0.530. The molecule has 0 radical (unpaired) electrons. The van der Waals surface area contributed by atoms with Crippen LogP contribution in [0.15, 0.2) is 18.6 Å². The number of likely N-dealkylation sites (tertiary alicyclic amines) is 1. The summed E-state index contributed by atoms with van der Waals surface area (Å²) in [6.07, 6.45) is 6.15. The van der Waals surface area contributed by atoms with E-state index in [0.29, 0.717) is 19.5 Å². The molecule has 0 unspecified atom stereocenters. The van der Waals surface area contributed by atoms with Gasteiger partial charge < -0.3 is 15.0 Å². The Hall–Kier alpha value is -2.51.